The van der Waals surface area contributed by atoms with Gasteiger partial charge in [-0.1, -0.05) is 20.8 Å². The van der Waals surface area contributed by atoms with Crippen LogP contribution in [0.5, 0.6) is 5.88 Å². The minimum Gasteiger partial charge on any atom is -0.482 e. The van der Waals surface area contributed by atoms with Gasteiger partial charge in [0.15, 0.2) is 5.88 Å². The number of nitrogens with one attached hydrogen (secondary N) is 1. The highest BCUT2D eigenvalue weighted by molar-refractivity contribution is 5.97. The molecule has 2 aliphatic heterocycles. The van der Waals surface area contributed by atoms with Gasteiger partial charge < -0.3 is 25.3 Å². The summed E-state index contributed by atoms with van der Waals surface area (Å²) in [7, 11) is 1.68. The third kappa shape index (κ3) is 4.54. The Morgan fingerprint density at radius 2 is 1.85 bits per heavy atom. The van der Waals surface area contributed by atoms with Crippen LogP contribution in [0.4, 0.5) is 0 Å². The molecule has 6 fully saturated rings. The van der Waals surface area contributed by atoms with Crippen LogP contribution in [0.2, 0.25) is 0 Å². The van der Waals surface area contributed by atoms with Crippen LogP contribution in [0.25, 0.3) is 28.1 Å². The first-order valence-corrected chi connectivity index (χ1v) is 17.9. The van der Waals surface area contributed by atoms with Gasteiger partial charge in [-0.15, -0.1) is 0 Å². The fourth-order valence-corrected chi connectivity index (χ4v) is 9.27. The lowest BCUT2D eigenvalue weighted by Gasteiger charge is -2.62. The molecule has 4 aromatic rings. The standard InChI is InChI=1S/C38H47N7O3/c1-20(40-36(47)37(2,3)4)27-10-8-23-12-29(43(34(23)41-27)19-38-16-21(17-38)18-38)32-33(22-6-7-22)45-30(42-32)13-24(14-31(45)48-5)35(46)44-25-9-11-28(44)26(39)15-25/h8,10,12-14,20-22,25-26,28H,6-7,9,11,15-19,39H2,1-5H3,(H,40,47)/t20-,21?,25+,26-,28-,38?/m1/s1. The second-order valence-corrected chi connectivity index (χ2v) is 16.7. The van der Waals surface area contributed by atoms with Crippen molar-refractivity contribution in [3.05, 3.63) is 47.3 Å². The normalized spacial score (nSPS) is 28.1. The molecular formula is C38H47N7O3. The van der Waals surface area contributed by atoms with Crippen molar-refractivity contribution in [1.29, 1.82) is 0 Å². The quantitative estimate of drug-likeness (QED) is 0.243. The molecule has 4 saturated carbocycles. The van der Waals surface area contributed by atoms with Crippen molar-refractivity contribution in [1.82, 2.24) is 29.2 Å². The van der Waals surface area contributed by atoms with Crippen LogP contribution in [-0.4, -0.2) is 60.9 Å². The Morgan fingerprint density at radius 3 is 2.46 bits per heavy atom. The Morgan fingerprint density at radius 1 is 1.08 bits per heavy atom. The Kier molecular flexibility index (Phi) is 6.47. The van der Waals surface area contributed by atoms with Crippen molar-refractivity contribution in [3.63, 3.8) is 0 Å². The molecule has 0 radical (unpaired) electrons. The van der Waals surface area contributed by atoms with Gasteiger partial charge in [0.2, 0.25) is 5.91 Å². The lowest BCUT2D eigenvalue weighted by Crippen LogP contribution is -2.54. The Hall–Kier alpha value is -3.92. The Labute approximate surface area is 281 Å². The zero-order valence-corrected chi connectivity index (χ0v) is 28.8. The van der Waals surface area contributed by atoms with Gasteiger partial charge in [0, 0.05) is 53.0 Å². The van der Waals surface area contributed by atoms with Gasteiger partial charge in [0.05, 0.1) is 30.2 Å². The van der Waals surface area contributed by atoms with E-state index in [0.29, 0.717) is 22.8 Å². The number of fused-ring (bicyclic) bond motifs is 4. The highest BCUT2D eigenvalue weighted by Gasteiger charge is 2.56. The molecule has 2 amide bonds. The van der Waals surface area contributed by atoms with E-state index in [-0.39, 0.29) is 36.0 Å². The van der Waals surface area contributed by atoms with E-state index in [9.17, 15) is 9.59 Å². The van der Waals surface area contributed by atoms with Crippen molar-refractivity contribution >= 4 is 28.5 Å². The number of imidazole rings is 1. The van der Waals surface area contributed by atoms with Crippen LogP contribution < -0.4 is 15.8 Å². The molecule has 10 nitrogen and oxygen atoms in total. The molecule has 2 saturated heterocycles. The predicted octanol–water partition coefficient (Wildman–Crippen LogP) is 5.96. The summed E-state index contributed by atoms with van der Waals surface area (Å²) in [6.07, 6.45) is 8.87. The van der Waals surface area contributed by atoms with Gasteiger partial charge in [0.25, 0.3) is 5.91 Å². The summed E-state index contributed by atoms with van der Waals surface area (Å²) in [5, 5.41) is 4.23. The predicted molar refractivity (Wildman–Crippen MR) is 184 cm³/mol. The summed E-state index contributed by atoms with van der Waals surface area (Å²) >= 11 is 0. The topological polar surface area (TPSA) is 120 Å². The number of amides is 2. The Balaban J connectivity index is 1.17. The highest BCUT2D eigenvalue weighted by Crippen LogP contribution is 2.65. The second-order valence-electron chi connectivity index (χ2n) is 16.7. The van der Waals surface area contributed by atoms with Gasteiger partial charge in [0.1, 0.15) is 17.0 Å². The van der Waals surface area contributed by atoms with E-state index < -0.39 is 5.41 Å². The third-order valence-electron chi connectivity index (χ3n) is 12.1. The number of nitrogens with zero attached hydrogens (tertiary/aromatic N) is 5. The van der Waals surface area contributed by atoms with Crippen LogP contribution >= 0.6 is 0 Å². The molecule has 10 heteroatoms. The Bertz CT molecular complexity index is 1980. The summed E-state index contributed by atoms with van der Waals surface area (Å²) in [6, 6.07) is 10.4. The van der Waals surface area contributed by atoms with E-state index in [0.717, 1.165) is 84.0 Å². The van der Waals surface area contributed by atoms with Crippen molar-refractivity contribution in [2.24, 2.45) is 22.5 Å². The van der Waals surface area contributed by atoms with Crippen molar-refractivity contribution in [2.75, 3.05) is 7.11 Å². The molecule has 4 atom stereocenters. The molecule has 0 spiro atoms. The van der Waals surface area contributed by atoms with Crippen molar-refractivity contribution in [3.8, 4) is 17.3 Å². The maximum atomic E-state index is 14.0. The summed E-state index contributed by atoms with van der Waals surface area (Å²) in [5.74, 6) is 1.90. The first kappa shape index (κ1) is 30.2. The third-order valence-corrected chi connectivity index (χ3v) is 12.1. The first-order chi connectivity index (χ1) is 22.9. The maximum absolute atomic E-state index is 14.0. The zero-order valence-electron chi connectivity index (χ0n) is 28.8. The fraction of sp³-hybridized carbons (Fsp3) is 0.579. The van der Waals surface area contributed by atoms with E-state index in [4.69, 9.17) is 20.4 Å². The second kappa shape index (κ2) is 10.3. The van der Waals surface area contributed by atoms with E-state index in [1.54, 1.807) is 7.11 Å². The van der Waals surface area contributed by atoms with Gasteiger partial charge in [-0.05, 0) is 93.9 Å². The molecule has 6 heterocycles. The number of hydrogen-bond acceptors (Lipinski definition) is 6. The fourth-order valence-electron chi connectivity index (χ4n) is 9.27. The number of carbonyl (C=O) groups excluding carboxylic acids is 2. The van der Waals surface area contributed by atoms with E-state index in [1.165, 1.54) is 19.3 Å². The molecule has 4 aromatic heterocycles. The average molecular weight is 650 g/mol. The average Bonchev–Trinajstić information content (AvgIpc) is 3.35. The molecule has 4 aliphatic carbocycles. The number of hydrogen-bond donors (Lipinski definition) is 2. The number of carbonyl (C=O) groups is 2. The van der Waals surface area contributed by atoms with Gasteiger partial charge >= 0.3 is 0 Å². The lowest BCUT2D eigenvalue weighted by molar-refractivity contribution is -0.129. The number of ether oxygens (including phenoxy) is 1. The van der Waals surface area contributed by atoms with E-state index in [2.05, 4.69) is 26.4 Å². The smallest absolute Gasteiger partial charge is 0.254 e. The largest absolute Gasteiger partial charge is 0.482 e. The van der Waals surface area contributed by atoms with Gasteiger partial charge in [-0.2, -0.15) is 0 Å². The number of rotatable bonds is 8. The SMILES string of the molecule is COc1cc(C(=O)N2[C@H]3CC[C@@H]2[C@H](N)C3)cc2nc(-c3cc4ccc([C@@H](C)NC(=O)C(C)(C)C)nc4n3CC34CC(C3)C4)c(C3CC3)n12. The van der Waals surface area contributed by atoms with Crippen molar-refractivity contribution in [2.45, 2.75) is 116 Å². The van der Waals surface area contributed by atoms with Gasteiger partial charge in [-0.3, -0.25) is 14.0 Å². The highest BCUT2D eigenvalue weighted by atomic mass is 16.5. The monoisotopic (exact) mass is 649 g/mol. The van der Waals surface area contributed by atoms with Crippen LogP contribution in [0.1, 0.15) is 113 Å². The van der Waals surface area contributed by atoms with E-state index in [1.807, 2.05) is 50.8 Å². The van der Waals surface area contributed by atoms with E-state index >= 15 is 0 Å². The number of nitrogens with two attached hydrogens (primary N) is 1. The summed E-state index contributed by atoms with van der Waals surface area (Å²) < 4.78 is 10.6. The molecule has 0 unspecified atom stereocenters. The molecule has 48 heavy (non-hydrogen) atoms. The molecule has 252 valence electrons. The number of pyridine rings is 2. The lowest BCUT2D eigenvalue weighted by atomic mass is 9.44. The van der Waals surface area contributed by atoms with Crippen LogP contribution in [0.15, 0.2) is 30.3 Å². The minimum absolute atomic E-state index is 0.00707. The summed E-state index contributed by atoms with van der Waals surface area (Å²) in [5.41, 5.74) is 12.5. The van der Waals surface area contributed by atoms with Crippen LogP contribution in [-0.2, 0) is 11.3 Å². The maximum Gasteiger partial charge on any atom is 0.254 e. The molecule has 0 aromatic carbocycles. The summed E-state index contributed by atoms with van der Waals surface area (Å²) in [4.78, 5) is 39.4. The molecule has 3 N–H and O–H groups in total. The number of aromatic nitrogens is 4. The zero-order chi connectivity index (χ0) is 33.3. The number of methoxy groups -OCH3 is 1. The summed E-state index contributed by atoms with van der Waals surface area (Å²) in [6.45, 7) is 8.70. The molecule has 10 rings (SSSR count). The van der Waals surface area contributed by atoms with Crippen molar-refractivity contribution < 1.29 is 14.3 Å². The molecule has 6 aliphatic rings. The minimum atomic E-state index is -0.481. The first-order valence-electron chi connectivity index (χ1n) is 17.9. The van der Waals surface area contributed by atoms with Crippen LogP contribution in [0.3, 0.4) is 0 Å². The molecular weight excluding hydrogens is 602 g/mol. The van der Waals surface area contributed by atoms with Crippen LogP contribution in [0, 0.1) is 16.7 Å². The molecule has 4 bridgehead atoms. The van der Waals surface area contributed by atoms with Gasteiger partial charge in [-0.25, -0.2) is 9.97 Å².